The second kappa shape index (κ2) is 6.89. The summed E-state index contributed by atoms with van der Waals surface area (Å²) in [5.74, 6) is 0.516. The number of rotatable bonds is 6. The maximum Gasteiger partial charge on any atom is 0.335 e. The van der Waals surface area contributed by atoms with Crippen molar-refractivity contribution >= 4 is 11.8 Å². The third-order valence-corrected chi connectivity index (χ3v) is 4.03. The fraction of sp³-hybridized carbons (Fsp3) is 0.625. The van der Waals surface area contributed by atoms with E-state index in [0.29, 0.717) is 11.5 Å². The van der Waals surface area contributed by atoms with Gasteiger partial charge in [0.05, 0.1) is 5.56 Å². The summed E-state index contributed by atoms with van der Waals surface area (Å²) in [6.45, 7) is 5.24. The number of aromatic nitrogens is 1. The lowest BCUT2D eigenvalue weighted by atomic mass is 10.1. The molecule has 0 aromatic carbocycles. The van der Waals surface area contributed by atoms with Gasteiger partial charge in [-0.05, 0) is 44.5 Å². The highest BCUT2D eigenvalue weighted by Gasteiger charge is 2.21. The Balaban J connectivity index is 2.14. The zero-order chi connectivity index (χ0) is 15.4. The van der Waals surface area contributed by atoms with Gasteiger partial charge in [-0.15, -0.1) is 0 Å². The topological polar surface area (TPSA) is 56.7 Å². The molecule has 1 N–H and O–H groups in total. The van der Waals surface area contributed by atoms with Gasteiger partial charge in [0.25, 0.3) is 0 Å². The normalized spacial score (nSPS) is 18.9. The summed E-state index contributed by atoms with van der Waals surface area (Å²) in [6.07, 6.45) is 2.97. The van der Waals surface area contributed by atoms with Crippen LogP contribution in [0.25, 0.3) is 0 Å². The van der Waals surface area contributed by atoms with Crippen molar-refractivity contribution in [2.45, 2.75) is 26.2 Å². The third kappa shape index (κ3) is 4.17. The number of likely N-dealkylation sites (tertiary alicyclic amines) is 1. The van der Waals surface area contributed by atoms with Crippen molar-refractivity contribution in [3.8, 4) is 0 Å². The van der Waals surface area contributed by atoms with Crippen LogP contribution in [0.15, 0.2) is 12.1 Å². The standard InChI is InChI=1S/C16H25N3O2/c1-4-5-14-8-13(16(20)21)9-15(17-14)19(3)11-12-6-7-18(2)10-12/h8-9,12H,4-7,10-11H2,1-3H3,(H,20,21). The predicted molar refractivity (Wildman–Crippen MR) is 84.1 cm³/mol. The Hall–Kier alpha value is -1.62. The highest BCUT2D eigenvalue weighted by atomic mass is 16.4. The van der Waals surface area contributed by atoms with Gasteiger partial charge in [0, 0.05) is 25.8 Å². The van der Waals surface area contributed by atoms with Crippen LogP contribution in [0, 0.1) is 5.92 Å². The molecule has 0 aliphatic carbocycles. The van der Waals surface area contributed by atoms with E-state index in [1.165, 1.54) is 6.42 Å². The lowest BCUT2D eigenvalue weighted by Gasteiger charge is -2.23. The first-order valence-corrected chi connectivity index (χ1v) is 7.63. The van der Waals surface area contributed by atoms with Crippen LogP contribution in [0.3, 0.4) is 0 Å². The molecule has 1 fully saturated rings. The van der Waals surface area contributed by atoms with E-state index in [0.717, 1.165) is 44.0 Å². The van der Waals surface area contributed by atoms with Crippen molar-refractivity contribution in [2.75, 3.05) is 38.6 Å². The quantitative estimate of drug-likeness (QED) is 0.870. The molecule has 1 atom stereocenters. The molecule has 0 amide bonds. The Morgan fingerprint density at radius 1 is 1.52 bits per heavy atom. The SMILES string of the molecule is CCCc1cc(C(=O)O)cc(N(C)CC2CCN(C)C2)n1. The number of aromatic carboxylic acids is 1. The minimum absolute atomic E-state index is 0.332. The van der Waals surface area contributed by atoms with Crippen LogP contribution in [-0.2, 0) is 6.42 Å². The molecule has 5 nitrogen and oxygen atoms in total. The minimum Gasteiger partial charge on any atom is -0.478 e. The van der Waals surface area contributed by atoms with Crippen LogP contribution in [-0.4, -0.2) is 54.7 Å². The van der Waals surface area contributed by atoms with Crippen LogP contribution in [0.1, 0.15) is 35.8 Å². The molecular formula is C16H25N3O2. The number of hydrogen-bond acceptors (Lipinski definition) is 4. The minimum atomic E-state index is -0.884. The molecule has 1 aliphatic rings. The van der Waals surface area contributed by atoms with Crippen LogP contribution in [0.5, 0.6) is 0 Å². The molecule has 1 aromatic heterocycles. The molecule has 1 aliphatic heterocycles. The summed E-state index contributed by atoms with van der Waals surface area (Å²) < 4.78 is 0. The number of nitrogens with zero attached hydrogens (tertiary/aromatic N) is 3. The third-order valence-electron chi connectivity index (χ3n) is 4.03. The molecule has 116 valence electrons. The van der Waals surface area contributed by atoms with Gasteiger partial charge in [-0.25, -0.2) is 9.78 Å². The van der Waals surface area contributed by atoms with Gasteiger partial charge in [-0.3, -0.25) is 0 Å². The molecule has 0 spiro atoms. The first-order chi connectivity index (χ1) is 9.99. The van der Waals surface area contributed by atoms with E-state index >= 15 is 0 Å². The number of pyridine rings is 1. The highest BCUT2D eigenvalue weighted by Crippen LogP contribution is 2.20. The van der Waals surface area contributed by atoms with Crippen LogP contribution < -0.4 is 4.90 Å². The molecule has 5 heteroatoms. The van der Waals surface area contributed by atoms with Gasteiger partial charge in [-0.2, -0.15) is 0 Å². The van der Waals surface area contributed by atoms with Crippen molar-refractivity contribution in [3.63, 3.8) is 0 Å². The van der Waals surface area contributed by atoms with Crippen molar-refractivity contribution in [3.05, 3.63) is 23.4 Å². The summed E-state index contributed by atoms with van der Waals surface area (Å²) in [5, 5.41) is 9.25. The molecule has 2 rings (SSSR count). The van der Waals surface area contributed by atoms with Crippen molar-refractivity contribution in [1.82, 2.24) is 9.88 Å². The largest absolute Gasteiger partial charge is 0.478 e. The van der Waals surface area contributed by atoms with E-state index in [-0.39, 0.29) is 0 Å². The predicted octanol–water partition coefficient (Wildman–Crippen LogP) is 2.12. The monoisotopic (exact) mass is 291 g/mol. The van der Waals surface area contributed by atoms with Crippen LogP contribution in [0.2, 0.25) is 0 Å². The van der Waals surface area contributed by atoms with Gasteiger partial charge in [0.1, 0.15) is 5.82 Å². The Labute approximate surface area is 126 Å². The molecule has 1 unspecified atom stereocenters. The van der Waals surface area contributed by atoms with Crippen molar-refractivity contribution in [2.24, 2.45) is 5.92 Å². The molecule has 0 radical (unpaired) electrons. The molecule has 0 saturated carbocycles. The first-order valence-electron chi connectivity index (χ1n) is 7.63. The van der Waals surface area contributed by atoms with Gasteiger partial charge >= 0.3 is 5.97 Å². The van der Waals surface area contributed by atoms with Crippen LogP contribution >= 0.6 is 0 Å². The van der Waals surface area contributed by atoms with Gasteiger partial charge in [0.2, 0.25) is 0 Å². The molecular weight excluding hydrogens is 266 g/mol. The number of carbonyl (C=O) groups is 1. The van der Waals surface area contributed by atoms with E-state index < -0.39 is 5.97 Å². The molecule has 2 heterocycles. The Morgan fingerprint density at radius 3 is 2.86 bits per heavy atom. The lowest BCUT2D eigenvalue weighted by Crippen LogP contribution is -2.28. The second-order valence-electron chi connectivity index (χ2n) is 6.06. The summed E-state index contributed by atoms with van der Waals surface area (Å²) in [4.78, 5) is 20.3. The smallest absolute Gasteiger partial charge is 0.335 e. The number of carboxylic acids is 1. The number of aryl methyl sites for hydroxylation is 1. The molecule has 0 bridgehead atoms. The van der Waals surface area contributed by atoms with Crippen LogP contribution in [0.4, 0.5) is 5.82 Å². The van der Waals surface area contributed by atoms with Gasteiger partial charge in [0.15, 0.2) is 0 Å². The summed E-state index contributed by atoms with van der Waals surface area (Å²) in [6, 6.07) is 3.37. The maximum atomic E-state index is 11.3. The van der Waals surface area contributed by atoms with Crippen molar-refractivity contribution < 1.29 is 9.90 Å². The summed E-state index contributed by atoms with van der Waals surface area (Å²) in [7, 11) is 4.14. The maximum absolute atomic E-state index is 11.3. The fourth-order valence-corrected chi connectivity index (χ4v) is 2.93. The molecule has 1 saturated heterocycles. The summed E-state index contributed by atoms with van der Waals surface area (Å²) in [5.41, 5.74) is 1.20. The Kier molecular flexibility index (Phi) is 5.17. The van der Waals surface area contributed by atoms with E-state index in [2.05, 4.69) is 28.8 Å². The van der Waals surface area contributed by atoms with E-state index in [1.807, 2.05) is 7.05 Å². The first kappa shape index (κ1) is 15.8. The number of anilines is 1. The Bertz CT molecular complexity index is 504. The van der Waals surface area contributed by atoms with E-state index in [1.54, 1.807) is 12.1 Å². The number of carboxylic acid groups (broad SMARTS) is 1. The molecule has 21 heavy (non-hydrogen) atoms. The molecule has 1 aromatic rings. The second-order valence-corrected chi connectivity index (χ2v) is 6.06. The zero-order valence-electron chi connectivity index (χ0n) is 13.2. The lowest BCUT2D eigenvalue weighted by molar-refractivity contribution is 0.0696. The van der Waals surface area contributed by atoms with E-state index in [4.69, 9.17) is 0 Å². The van der Waals surface area contributed by atoms with E-state index in [9.17, 15) is 9.90 Å². The fourth-order valence-electron chi connectivity index (χ4n) is 2.93. The highest BCUT2D eigenvalue weighted by molar-refractivity contribution is 5.88. The average Bonchev–Trinajstić information content (AvgIpc) is 2.84. The summed E-state index contributed by atoms with van der Waals surface area (Å²) >= 11 is 0. The average molecular weight is 291 g/mol. The van der Waals surface area contributed by atoms with Crippen molar-refractivity contribution in [1.29, 1.82) is 0 Å². The number of hydrogen-bond donors (Lipinski definition) is 1. The zero-order valence-corrected chi connectivity index (χ0v) is 13.2. The Morgan fingerprint density at radius 2 is 2.29 bits per heavy atom. The van der Waals surface area contributed by atoms with Gasteiger partial charge < -0.3 is 14.9 Å². The van der Waals surface area contributed by atoms with Gasteiger partial charge in [-0.1, -0.05) is 13.3 Å².